The minimum atomic E-state index is -3.27. The van der Waals surface area contributed by atoms with Gasteiger partial charge < -0.3 is 0 Å². The Kier molecular flexibility index (Phi) is 9.96. The molecule has 1 rings (SSSR count). The average Bonchev–Trinajstić information content (AvgIpc) is 2.57. The van der Waals surface area contributed by atoms with Crippen LogP contribution in [0.2, 0.25) is 0 Å². The van der Waals surface area contributed by atoms with Crippen molar-refractivity contribution < 1.29 is 8.42 Å². The lowest BCUT2D eigenvalue weighted by atomic mass is 10.1. The highest BCUT2D eigenvalue weighted by atomic mass is 32.2. The van der Waals surface area contributed by atoms with Crippen LogP contribution in [-0.2, 0) is 10.0 Å². The standard InChI is InChI=1S/C21H37N2O2S/c1-5-7-8-9-10-11-12-13-19-26(24,25)22-20-14-16-21(17-15-20)23(3,4)18-6-2/h6,14-17,22H,2,5,7-13,18-19H2,1,3-4H3/q+1. The summed E-state index contributed by atoms with van der Waals surface area (Å²) in [6.45, 7) is 6.83. The van der Waals surface area contributed by atoms with Gasteiger partial charge in [0.05, 0.1) is 19.8 Å². The van der Waals surface area contributed by atoms with Crippen molar-refractivity contribution in [1.82, 2.24) is 4.48 Å². The molecule has 0 aliphatic carbocycles. The molecule has 0 fully saturated rings. The monoisotopic (exact) mass is 381 g/mol. The molecule has 26 heavy (non-hydrogen) atoms. The van der Waals surface area contributed by atoms with E-state index in [9.17, 15) is 8.42 Å². The van der Waals surface area contributed by atoms with Crippen LogP contribution >= 0.6 is 0 Å². The molecule has 0 spiro atoms. The van der Waals surface area contributed by atoms with E-state index in [1.165, 1.54) is 32.1 Å². The van der Waals surface area contributed by atoms with E-state index in [0.29, 0.717) is 10.2 Å². The summed E-state index contributed by atoms with van der Waals surface area (Å²) in [7, 11) is 0.935. The lowest BCUT2D eigenvalue weighted by molar-refractivity contribution is 0.442. The van der Waals surface area contributed by atoms with Crippen molar-refractivity contribution in [1.29, 1.82) is 0 Å². The molecule has 1 N–H and O–H groups in total. The molecule has 0 unspecified atom stereocenters. The van der Waals surface area contributed by atoms with Crippen molar-refractivity contribution >= 4 is 21.4 Å². The van der Waals surface area contributed by atoms with Gasteiger partial charge in [-0.1, -0.05) is 58.4 Å². The molecule has 148 valence electrons. The number of hydrogen-bond acceptors (Lipinski definition) is 2. The maximum Gasteiger partial charge on any atom is 0.232 e. The van der Waals surface area contributed by atoms with Gasteiger partial charge in [-0.3, -0.25) is 9.21 Å². The number of unbranched alkanes of at least 4 members (excludes halogenated alkanes) is 7. The van der Waals surface area contributed by atoms with Gasteiger partial charge in [0.25, 0.3) is 0 Å². The van der Waals surface area contributed by atoms with Crippen LogP contribution in [0.3, 0.4) is 0 Å². The number of hydrogen-bond donors (Lipinski definition) is 1. The summed E-state index contributed by atoms with van der Waals surface area (Å²) in [4.78, 5) is 0. The first kappa shape index (κ1) is 22.7. The van der Waals surface area contributed by atoms with Crippen molar-refractivity contribution in [2.45, 2.75) is 58.3 Å². The number of anilines is 1. The van der Waals surface area contributed by atoms with E-state index in [0.717, 1.165) is 31.5 Å². The summed E-state index contributed by atoms with van der Waals surface area (Å²) in [5, 5.41) is 0. The number of rotatable bonds is 14. The van der Waals surface area contributed by atoms with Gasteiger partial charge in [-0.25, -0.2) is 8.42 Å². The van der Waals surface area contributed by atoms with Crippen LogP contribution in [-0.4, -0.2) is 34.8 Å². The Labute approximate surface area is 160 Å². The SMILES string of the molecule is C=CC[N+](C)(C)c1ccc(NS(=O)(=O)CCCCCCCCCC)cc1. The lowest BCUT2D eigenvalue weighted by Crippen LogP contribution is -2.40. The smallest absolute Gasteiger partial charge is 0.232 e. The molecule has 0 radical (unpaired) electrons. The van der Waals surface area contributed by atoms with Crippen LogP contribution in [0.1, 0.15) is 58.3 Å². The third kappa shape index (κ3) is 8.86. The van der Waals surface area contributed by atoms with E-state index in [1.54, 1.807) is 0 Å². The Morgan fingerprint density at radius 1 is 0.962 bits per heavy atom. The quantitative estimate of drug-likeness (QED) is 0.269. The Hall–Kier alpha value is -1.33. The first-order chi connectivity index (χ1) is 12.3. The second-order valence-corrected chi connectivity index (χ2v) is 9.44. The molecule has 0 saturated heterocycles. The van der Waals surface area contributed by atoms with Crippen LogP contribution in [0.4, 0.5) is 11.4 Å². The summed E-state index contributed by atoms with van der Waals surface area (Å²) >= 11 is 0. The first-order valence-electron chi connectivity index (χ1n) is 9.86. The van der Waals surface area contributed by atoms with Crippen molar-refractivity contribution in [2.24, 2.45) is 0 Å². The number of benzene rings is 1. The van der Waals surface area contributed by atoms with Crippen LogP contribution in [0, 0.1) is 0 Å². The Bertz CT molecular complexity index is 622. The van der Waals surface area contributed by atoms with Gasteiger partial charge in [0, 0.05) is 17.8 Å². The Morgan fingerprint density at radius 3 is 2.04 bits per heavy atom. The van der Waals surface area contributed by atoms with Crippen LogP contribution < -0.4 is 9.21 Å². The summed E-state index contributed by atoms with van der Waals surface area (Å²) in [6, 6.07) is 7.61. The van der Waals surface area contributed by atoms with Crippen molar-refractivity contribution in [2.75, 3.05) is 31.1 Å². The molecule has 0 bridgehead atoms. The predicted molar refractivity (Wildman–Crippen MR) is 115 cm³/mol. The molecule has 0 saturated carbocycles. The molecule has 0 aliphatic heterocycles. The van der Waals surface area contributed by atoms with Gasteiger partial charge in [0.1, 0.15) is 12.2 Å². The van der Waals surface area contributed by atoms with Crippen LogP contribution in [0.15, 0.2) is 36.9 Å². The van der Waals surface area contributed by atoms with Gasteiger partial charge in [-0.05, 0) is 24.6 Å². The van der Waals surface area contributed by atoms with Crippen molar-refractivity contribution in [3.8, 4) is 0 Å². The highest BCUT2D eigenvalue weighted by Gasteiger charge is 2.17. The van der Waals surface area contributed by atoms with Crippen molar-refractivity contribution in [3.63, 3.8) is 0 Å². The minimum Gasteiger partial charge on any atom is -0.293 e. The van der Waals surface area contributed by atoms with E-state index in [-0.39, 0.29) is 5.75 Å². The number of nitrogens with one attached hydrogen (secondary N) is 1. The summed E-state index contributed by atoms with van der Waals surface area (Å²) in [6.07, 6.45) is 11.1. The second kappa shape index (κ2) is 11.4. The van der Waals surface area contributed by atoms with E-state index in [4.69, 9.17) is 0 Å². The fourth-order valence-electron chi connectivity index (χ4n) is 3.02. The highest BCUT2D eigenvalue weighted by Crippen LogP contribution is 2.22. The summed E-state index contributed by atoms with van der Waals surface area (Å²) in [5.74, 6) is 0.196. The molecular weight excluding hydrogens is 344 g/mol. The van der Waals surface area contributed by atoms with Gasteiger partial charge >= 0.3 is 0 Å². The first-order valence-corrected chi connectivity index (χ1v) is 11.5. The molecule has 0 aliphatic rings. The van der Waals surface area contributed by atoms with E-state index in [1.807, 2.05) is 30.3 Å². The molecule has 1 aromatic rings. The van der Waals surface area contributed by atoms with E-state index >= 15 is 0 Å². The highest BCUT2D eigenvalue weighted by molar-refractivity contribution is 7.92. The second-order valence-electron chi connectivity index (χ2n) is 7.60. The zero-order chi connectivity index (χ0) is 19.5. The Morgan fingerprint density at radius 2 is 1.50 bits per heavy atom. The molecule has 0 amide bonds. The van der Waals surface area contributed by atoms with Gasteiger partial charge in [0.15, 0.2) is 0 Å². The molecule has 0 heterocycles. The summed E-state index contributed by atoms with van der Waals surface area (Å²) in [5.41, 5.74) is 1.75. The maximum absolute atomic E-state index is 12.2. The number of nitrogens with zero attached hydrogens (tertiary/aromatic N) is 1. The van der Waals surface area contributed by atoms with Gasteiger partial charge in [-0.15, -0.1) is 0 Å². The van der Waals surface area contributed by atoms with Crippen LogP contribution in [0.25, 0.3) is 0 Å². The zero-order valence-corrected chi connectivity index (χ0v) is 17.7. The third-order valence-electron chi connectivity index (χ3n) is 4.69. The van der Waals surface area contributed by atoms with Crippen molar-refractivity contribution in [3.05, 3.63) is 36.9 Å². The van der Waals surface area contributed by atoms with Gasteiger partial charge in [-0.2, -0.15) is 0 Å². The zero-order valence-electron chi connectivity index (χ0n) is 16.8. The largest absolute Gasteiger partial charge is 0.293 e. The van der Waals surface area contributed by atoms with E-state index < -0.39 is 10.0 Å². The lowest BCUT2D eigenvalue weighted by Gasteiger charge is -2.27. The minimum absolute atomic E-state index is 0.196. The maximum atomic E-state index is 12.2. The third-order valence-corrected chi connectivity index (χ3v) is 6.06. The fraction of sp³-hybridized carbons (Fsp3) is 0.619. The summed E-state index contributed by atoms with van der Waals surface area (Å²) < 4.78 is 27.8. The van der Waals surface area contributed by atoms with E-state index in [2.05, 4.69) is 32.3 Å². The number of likely N-dealkylation sites (N-methyl/N-ethyl adjacent to an activating group) is 1. The topological polar surface area (TPSA) is 46.2 Å². The molecule has 5 heteroatoms. The molecule has 0 aromatic heterocycles. The fourth-order valence-corrected chi connectivity index (χ4v) is 4.20. The van der Waals surface area contributed by atoms with Gasteiger partial charge in [0.2, 0.25) is 10.0 Å². The average molecular weight is 382 g/mol. The molecule has 1 aromatic carbocycles. The van der Waals surface area contributed by atoms with Crippen LogP contribution in [0.5, 0.6) is 0 Å². The Balaban J connectivity index is 2.39. The number of quaternary nitrogens is 1. The number of sulfonamides is 1. The molecule has 4 nitrogen and oxygen atoms in total. The molecule has 0 atom stereocenters. The predicted octanol–water partition coefficient (Wildman–Crippen LogP) is 5.32. The normalized spacial score (nSPS) is 12.1. The molecular formula is C21H37N2O2S+.